The van der Waals surface area contributed by atoms with Crippen molar-refractivity contribution >= 4 is 84.1 Å². The fourth-order valence-corrected chi connectivity index (χ4v) is 8.46. The fraction of sp³-hybridized carbons (Fsp3) is 0.340. The molecule has 0 bridgehead atoms. The van der Waals surface area contributed by atoms with E-state index in [0.29, 0.717) is 77.7 Å². The molecule has 20 heteroatoms. The highest BCUT2D eigenvalue weighted by Gasteiger charge is 2.30. The van der Waals surface area contributed by atoms with Crippen LogP contribution in [0, 0.1) is 13.8 Å². The molecule has 2 fully saturated rings. The van der Waals surface area contributed by atoms with Gasteiger partial charge in [-0.2, -0.15) is 10.2 Å². The van der Waals surface area contributed by atoms with E-state index in [1.807, 2.05) is 83.4 Å². The Kier molecular flexibility index (Phi) is 12.5. The minimum absolute atomic E-state index is 0.0426. The summed E-state index contributed by atoms with van der Waals surface area (Å²) in [6.07, 6.45) is 8.05. The molecule has 0 unspecified atom stereocenters. The molecule has 10 rings (SSSR count). The molecule has 8 aromatic rings. The third-order valence-electron chi connectivity index (χ3n) is 11.8. The summed E-state index contributed by atoms with van der Waals surface area (Å²) in [5.74, 6) is 2.03. The van der Waals surface area contributed by atoms with Crippen LogP contribution < -0.4 is 43.4 Å². The monoisotopic (exact) mass is 910 g/mol. The summed E-state index contributed by atoms with van der Waals surface area (Å²) in [6.45, 7) is 11.6. The van der Waals surface area contributed by atoms with Gasteiger partial charge < -0.3 is 56.5 Å². The number of fused-ring (bicyclic) bond motifs is 4. The Balaban J connectivity index is 0.000000171. The summed E-state index contributed by atoms with van der Waals surface area (Å²) in [7, 11) is 0. The molecule has 2 aromatic carbocycles. The molecule has 2 aliphatic heterocycles. The van der Waals surface area contributed by atoms with Gasteiger partial charge in [-0.15, -0.1) is 0 Å². The average Bonchev–Trinajstić information content (AvgIpc) is 3.87. The quantitative estimate of drug-likeness (QED) is 0.0758. The van der Waals surface area contributed by atoms with Crippen molar-refractivity contribution < 1.29 is 19.0 Å². The normalized spacial score (nSPS) is 18.6. The number of nitrogens with one attached hydrogen (secondary N) is 9. The Bertz CT molecular complexity index is 3210. The smallest absolute Gasteiger partial charge is 0.408 e. The second kappa shape index (κ2) is 18.7. The first kappa shape index (κ1) is 44.6. The highest BCUT2D eigenvalue weighted by atomic mass is 16.6. The van der Waals surface area contributed by atoms with Crippen LogP contribution in [0.15, 0.2) is 82.9 Å². The predicted molar refractivity (Wildman–Crippen MR) is 260 cm³/mol. The van der Waals surface area contributed by atoms with Crippen LogP contribution in [0.2, 0.25) is 0 Å². The number of ether oxygens (including phenoxy) is 3. The van der Waals surface area contributed by atoms with Crippen molar-refractivity contribution in [1.29, 1.82) is 0 Å². The summed E-state index contributed by atoms with van der Waals surface area (Å²) in [5.41, 5.74) is 10.7. The number of aromatic amines is 4. The van der Waals surface area contributed by atoms with Gasteiger partial charge in [-0.1, -0.05) is 24.3 Å². The number of pyridine rings is 2. The summed E-state index contributed by atoms with van der Waals surface area (Å²) in [4.78, 5) is 53.8. The van der Waals surface area contributed by atoms with Gasteiger partial charge in [0.25, 0.3) is 11.1 Å². The van der Waals surface area contributed by atoms with E-state index in [4.69, 9.17) is 29.9 Å². The summed E-state index contributed by atoms with van der Waals surface area (Å²) < 4.78 is 16.5. The molecular weight excluding hydrogens is 857 g/mol. The lowest BCUT2D eigenvalue weighted by Crippen LogP contribution is -2.53. The number of nitrogens with zero attached hydrogens (tertiary/aromatic N) is 4. The highest BCUT2D eigenvalue weighted by molar-refractivity contribution is 6.00. The Morgan fingerprint density at radius 1 is 0.731 bits per heavy atom. The molecule has 8 heterocycles. The molecule has 4 atom stereocenters. The Hall–Kier alpha value is -7.55. The molecule has 6 aromatic heterocycles. The van der Waals surface area contributed by atoms with Crippen molar-refractivity contribution in [3.8, 4) is 0 Å². The lowest BCUT2D eigenvalue weighted by atomic mass is 10.0. The average molecular weight is 911 g/mol. The van der Waals surface area contributed by atoms with Crippen LogP contribution in [0.3, 0.4) is 0 Å². The summed E-state index contributed by atoms with van der Waals surface area (Å²) in [5, 5.41) is 33.7. The van der Waals surface area contributed by atoms with E-state index < -0.39 is 11.7 Å². The first-order valence-corrected chi connectivity index (χ1v) is 22.2. The minimum Gasteiger partial charge on any atom is -0.444 e. The number of para-hydroxylation sites is 2. The molecule has 1 amide bonds. The van der Waals surface area contributed by atoms with Gasteiger partial charge in [0.05, 0.1) is 70.9 Å². The number of benzene rings is 2. The number of hydrogen-bond acceptors (Lipinski definition) is 15. The summed E-state index contributed by atoms with van der Waals surface area (Å²) >= 11 is 0. The number of hydrogen-bond donors (Lipinski definition) is 10. The third-order valence-corrected chi connectivity index (χ3v) is 11.8. The van der Waals surface area contributed by atoms with Gasteiger partial charge in [-0.25, -0.2) is 25.0 Å². The van der Waals surface area contributed by atoms with Crippen molar-refractivity contribution in [1.82, 2.24) is 45.6 Å². The van der Waals surface area contributed by atoms with Crippen LogP contribution in [0.5, 0.6) is 0 Å². The largest absolute Gasteiger partial charge is 0.444 e. The molecule has 2 saturated heterocycles. The zero-order chi connectivity index (χ0) is 46.8. The van der Waals surface area contributed by atoms with Crippen LogP contribution in [-0.4, -0.2) is 103 Å². The first-order chi connectivity index (χ1) is 32.3. The maximum Gasteiger partial charge on any atom is 0.408 e. The second-order valence-electron chi connectivity index (χ2n) is 17.8. The number of aryl methyl sites for hydroxylation is 2. The van der Waals surface area contributed by atoms with Crippen LogP contribution in [0.4, 0.5) is 39.4 Å². The number of anilines is 6. The standard InChI is InChI=1S/C26H31N7O4.C21H23N7O2/c1-14-11-27-22-16(14)6-5-7-18(22)30-23-21-15(12-28-33-24(21)34)10-20(32-23)29-17-8-9-36-13-19(17)31-25(35)37-26(2,3)4;1-11-8-23-19-13(11)3-2-4-16(19)26-20-18-12(9-24-28-21(18)29)7-17(27-20)25-15-5-6-30-10-14(15)22/h5-7,10-12,17,19,27H,8-9,13H2,1-4H3,(H,31,35)(H,33,34)(H2,29,30,32);2-4,7-9,14-15,23H,5-6,10,22H2,1H3,(H,28,29)(H2,25,26,27)/t17-,19+;14-,15+/m10/s1. The van der Waals surface area contributed by atoms with Crippen molar-refractivity contribution in [2.45, 2.75) is 77.2 Å². The molecule has 20 nitrogen and oxygen atoms in total. The third kappa shape index (κ3) is 9.86. The van der Waals surface area contributed by atoms with E-state index in [9.17, 15) is 14.4 Å². The molecule has 0 spiro atoms. The minimum atomic E-state index is -0.608. The molecule has 0 saturated carbocycles. The molecular formula is C47H54N14O6. The van der Waals surface area contributed by atoms with Crippen molar-refractivity contribution in [2.24, 2.45) is 5.73 Å². The fourth-order valence-electron chi connectivity index (χ4n) is 8.46. The van der Waals surface area contributed by atoms with Crippen molar-refractivity contribution in [3.63, 3.8) is 0 Å². The maximum absolute atomic E-state index is 12.7. The van der Waals surface area contributed by atoms with E-state index in [1.54, 1.807) is 18.5 Å². The number of aromatic nitrogens is 8. The van der Waals surface area contributed by atoms with Gasteiger partial charge in [0.15, 0.2) is 0 Å². The first-order valence-electron chi connectivity index (χ1n) is 22.2. The van der Waals surface area contributed by atoms with Crippen LogP contribution in [0.1, 0.15) is 44.7 Å². The Labute approximate surface area is 383 Å². The highest BCUT2D eigenvalue weighted by Crippen LogP contribution is 2.32. The van der Waals surface area contributed by atoms with Gasteiger partial charge in [-0.3, -0.25) is 9.59 Å². The topological polar surface area (TPSA) is 280 Å². The molecule has 0 radical (unpaired) electrons. The number of rotatable bonds is 9. The van der Waals surface area contributed by atoms with Gasteiger partial charge in [0, 0.05) is 59.2 Å². The molecule has 0 aliphatic carbocycles. The van der Waals surface area contributed by atoms with E-state index in [0.717, 1.165) is 50.7 Å². The van der Waals surface area contributed by atoms with Crippen LogP contribution in [0.25, 0.3) is 43.4 Å². The van der Waals surface area contributed by atoms with E-state index >= 15 is 0 Å². The molecule has 11 N–H and O–H groups in total. The number of nitrogens with two attached hydrogens (primary N) is 1. The SMILES string of the molecule is Cc1c[nH]c2c(Nc3nc(N[C@@H]4CCOC[C@@H]4N)cc4cn[nH]c(=O)c34)cccc12.Cc1c[nH]c2c(Nc3nc(N[C@@H]4CCOC[C@@H]4NC(=O)OC(C)(C)C)cc4cn[nH]c(=O)c34)cccc12. The number of carbonyl (C=O) groups excluding carboxylic acids is 1. The van der Waals surface area contributed by atoms with E-state index in [1.165, 1.54) is 0 Å². The lowest BCUT2D eigenvalue weighted by molar-refractivity contribution is 0.0318. The van der Waals surface area contributed by atoms with Crippen LogP contribution in [-0.2, 0) is 14.2 Å². The van der Waals surface area contributed by atoms with Crippen molar-refractivity contribution in [2.75, 3.05) is 47.7 Å². The predicted octanol–water partition coefficient (Wildman–Crippen LogP) is 6.33. The zero-order valence-corrected chi connectivity index (χ0v) is 37.8. The van der Waals surface area contributed by atoms with Gasteiger partial charge in [0.2, 0.25) is 0 Å². The van der Waals surface area contributed by atoms with E-state index in [2.05, 4.69) is 63.0 Å². The number of carbonyl (C=O) groups is 1. The number of H-pyrrole nitrogens is 4. The molecule has 67 heavy (non-hydrogen) atoms. The van der Waals surface area contributed by atoms with Gasteiger partial charge >= 0.3 is 6.09 Å². The molecule has 2 aliphatic rings. The van der Waals surface area contributed by atoms with Gasteiger partial charge in [-0.05, 0) is 82.9 Å². The second-order valence-corrected chi connectivity index (χ2v) is 17.8. The Morgan fingerprint density at radius 3 is 1.76 bits per heavy atom. The van der Waals surface area contributed by atoms with Crippen molar-refractivity contribution in [3.05, 3.63) is 105 Å². The molecule has 348 valence electrons. The van der Waals surface area contributed by atoms with E-state index in [-0.39, 0.29) is 35.3 Å². The number of alkyl carbamates (subject to hydrolysis) is 1. The van der Waals surface area contributed by atoms with Crippen LogP contribution >= 0.6 is 0 Å². The summed E-state index contributed by atoms with van der Waals surface area (Å²) in [6, 6.07) is 14.9. The maximum atomic E-state index is 12.7. The lowest BCUT2D eigenvalue weighted by Gasteiger charge is -2.33. The Morgan fingerprint density at radius 2 is 1.24 bits per heavy atom. The van der Waals surface area contributed by atoms with Gasteiger partial charge in [0.1, 0.15) is 28.9 Å². The number of amides is 1. The zero-order valence-electron chi connectivity index (χ0n) is 37.8.